The second-order valence-electron chi connectivity index (χ2n) is 6.71. The molecule has 4 heteroatoms. The van der Waals surface area contributed by atoms with Gasteiger partial charge < -0.3 is 14.3 Å². The molecule has 1 N–H and O–H groups in total. The Labute approximate surface area is 120 Å². The summed E-state index contributed by atoms with van der Waals surface area (Å²) in [6.45, 7) is 7.49. The van der Waals surface area contributed by atoms with Crippen molar-refractivity contribution in [2.75, 3.05) is 0 Å². The number of fused-ring (bicyclic) bond motifs is 1. The first-order valence-corrected chi connectivity index (χ1v) is 7.22. The van der Waals surface area contributed by atoms with Crippen molar-refractivity contribution < 1.29 is 4.42 Å². The Balaban J connectivity index is 1.80. The molecule has 1 unspecified atom stereocenters. The lowest BCUT2D eigenvalue weighted by Gasteiger charge is -2.34. The third kappa shape index (κ3) is 2.52. The van der Waals surface area contributed by atoms with Crippen LogP contribution < -0.4 is 5.32 Å². The van der Waals surface area contributed by atoms with Crippen LogP contribution in [0.25, 0.3) is 0 Å². The summed E-state index contributed by atoms with van der Waals surface area (Å²) in [6.07, 6.45) is 5.93. The fraction of sp³-hybridized carbons (Fsp3) is 0.562. The molecule has 2 aromatic heterocycles. The van der Waals surface area contributed by atoms with Crippen molar-refractivity contribution >= 4 is 0 Å². The van der Waals surface area contributed by atoms with Gasteiger partial charge in [0, 0.05) is 37.8 Å². The SMILES string of the molecule is Cc1cc2c(o1)CC(C)(C)CC2NCc1cncn1C. The van der Waals surface area contributed by atoms with Gasteiger partial charge in [0.05, 0.1) is 12.0 Å². The summed E-state index contributed by atoms with van der Waals surface area (Å²) in [5.41, 5.74) is 2.82. The Morgan fingerprint density at radius 3 is 3.00 bits per heavy atom. The first-order chi connectivity index (χ1) is 9.44. The Hall–Kier alpha value is -1.55. The minimum absolute atomic E-state index is 0.279. The lowest BCUT2D eigenvalue weighted by Crippen LogP contribution is -2.32. The van der Waals surface area contributed by atoms with E-state index in [4.69, 9.17) is 4.42 Å². The van der Waals surface area contributed by atoms with Crippen LogP contribution in [0.2, 0.25) is 0 Å². The molecule has 4 nitrogen and oxygen atoms in total. The molecule has 108 valence electrons. The molecule has 3 rings (SSSR count). The summed E-state index contributed by atoms with van der Waals surface area (Å²) in [6, 6.07) is 2.55. The number of hydrogen-bond donors (Lipinski definition) is 1. The molecule has 0 amide bonds. The molecule has 20 heavy (non-hydrogen) atoms. The molecule has 0 saturated heterocycles. The van der Waals surface area contributed by atoms with Crippen molar-refractivity contribution in [3.05, 3.63) is 41.4 Å². The average molecular weight is 273 g/mol. The first kappa shape index (κ1) is 13.4. The molecule has 2 aromatic rings. The van der Waals surface area contributed by atoms with E-state index in [1.54, 1.807) is 0 Å². The van der Waals surface area contributed by atoms with Crippen LogP contribution in [-0.2, 0) is 20.0 Å². The highest BCUT2D eigenvalue weighted by molar-refractivity contribution is 5.29. The smallest absolute Gasteiger partial charge is 0.109 e. The van der Waals surface area contributed by atoms with Gasteiger partial charge in [0.15, 0.2) is 0 Å². The van der Waals surface area contributed by atoms with Gasteiger partial charge in [-0.05, 0) is 24.8 Å². The second kappa shape index (κ2) is 4.77. The fourth-order valence-corrected chi connectivity index (χ4v) is 3.15. The average Bonchev–Trinajstić information content (AvgIpc) is 2.90. The van der Waals surface area contributed by atoms with Crippen molar-refractivity contribution in [2.24, 2.45) is 12.5 Å². The van der Waals surface area contributed by atoms with E-state index in [0.717, 1.165) is 30.9 Å². The number of aromatic nitrogens is 2. The lowest BCUT2D eigenvalue weighted by molar-refractivity contribution is 0.233. The van der Waals surface area contributed by atoms with E-state index in [0.29, 0.717) is 6.04 Å². The summed E-state index contributed by atoms with van der Waals surface area (Å²) in [4.78, 5) is 4.17. The number of furan rings is 1. The van der Waals surface area contributed by atoms with Gasteiger partial charge in [0.1, 0.15) is 11.5 Å². The summed E-state index contributed by atoms with van der Waals surface area (Å²) >= 11 is 0. The van der Waals surface area contributed by atoms with Gasteiger partial charge in [-0.2, -0.15) is 0 Å². The van der Waals surface area contributed by atoms with Crippen LogP contribution in [0.3, 0.4) is 0 Å². The monoisotopic (exact) mass is 273 g/mol. The first-order valence-electron chi connectivity index (χ1n) is 7.22. The van der Waals surface area contributed by atoms with Crippen molar-refractivity contribution in [1.29, 1.82) is 0 Å². The third-order valence-corrected chi connectivity index (χ3v) is 4.18. The Bertz CT molecular complexity index is 609. The molecule has 1 aliphatic rings. The van der Waals surface area contributed by atoms with Crippen LogP contribution in [0.1, 0.15) is 49.1 Å². The van der Waals surface area contributed by atoms with Crippen LogP contribution in [0.15, 0.2) is 23.0 Å². The van der Waals surface area contributed by atoms with Gasteiger partial charge >= 0.3 is 0 Å². The molecule has 0 saturated carbocycles. The van der Waals surface area contributed by atoms with Crippen LogP contribution in [0.4, 0.5) is 0 Å². The molecule has 0 bridgehead atoms. The van der Waals surface area contributed by atoms with Crippen LogP contribution >= 0.6 is 0 Å². The number of nitrogens with one attached hydrogen (secondary N) is 1. The molecule has 1 aliphatic carbocycles. The van der Waals surface area contributed by atoms with E-state index in [2.05, 4.69) is 34.8 Å². The van der Waals surface area contributed by atoms with Gasteiger partial charge in [-0.1, -0.05) is 13.8 Å². The molecule has 0 aliphatic heterocycles. The van der Waals surface area contributed by atoms with E-state index in [1.165, 1.54) is 11.3 Å². The standard InChI is InChI=1S/C16H23N3O/c1-11-5-13-14(6-16(2,3)7-15(13)20-11)18-9-12-8-17-10-19(12)4/h5,8,10,14,18H,6-7,9H2,1-4H3. The minimum atomic E-state index is 0.279. The number of imidazole rings is 1. The van der Waals surface area contributed by atoms with Crippen LogP contribution in [-0.4, -0.2) is 9.55 Å². The predicted molar refractivity (Wildman–Crippen MR) is 78.3 cm³/mol. The van der Waals surface area contributed by atoms with Gasteiger partial charge in [-0.15, -0.1) is 0 Å². The summed E-state index contributed by atoms with van der Waals surface area (Å²) in [5, 5.41) is 3.67. The van der Waals surface area contributed by atoms with Crippen LogP contribution in [0.5, 0.6) is 0 Å². The Morgan fingerprint density at radius 2 is 2.30 bits per heavy atom. The van der Waals surface area contributed by atoms with E-state index in [1.807, 2.05) is 26.5 Å². The topological polar surface area (TPSA) is 43.0 Å². The van der Waals surface area contributed by atoms with E-state index >= 15 is 0 Å². The Morgan fingerprint density at radius 1 is 1.50 bits per heavy atom. The molecule has 0 fully saturated rings. The van der Waals surface area contributed by atoms with Gasteiger partial charge in [-0.3, -0.25) is 0 Å². The maximum atomic E-state index is 5.88. The number of nitrogens with zero attached hydrogens (tertiary/aromatic N) is 2. The van der Waals surface area contributed by atoms with E-state index < -0.39 is 0 Å². The highest BCUT2D eigenvalue weighted by Gasteiger charge is 2.34. The van der Waals surface area contributed by atoms with Gasteiger partial charge in [0.2, 0.25) is 0 Å². The van der Waals surface area contributed by atoms with Crippen molar-refractivity contribution in [3.8, 4) is 0 Å². The van der Waals surface area contributed by atoms with Crippen molar-refractivity contribution in [1.82, 2.24) is 14.9 Å². The zero-order chi connectivity index (χ0) is 14.3. The maximum absolute atomic E-state index is 5.88. The lowest BCUT2D eigenvalue weighted by atomic mass is 9.74. The zero-order valence-corrected chi connectivity index (χ0v) is 12.7. The molecule has 0 radical (unpaired) electrons. The fourth-order valence-electron chi connectivity index (χ4n) is 3.15. The quantitative estimate of drug-likeness (QED) is 0.934. The van der Waals surface area contributed by atoms with Crippen molar-refractivity contribution in [3.63, 3.8) is 0 Å². The third-order valence-electron chi connectivity index (χ3n) is 4.18. The minimum Gasteiger partial charge on any atom is -0.466 e. The van der Waals surface area contributed by atoms with E-state index in [-0.39, 0.29) is 5.41 Å². The Kier molecular flexibility index (Phi) is 3.21. The molecular weight excluding hydrogens is 250 g/mol. The van der Waals surface area contributed by atoms with Crippen LogP contribution in [0, 0.1) is 12.3 Å². The molecule has 0 spiro atoms. The van der Waals surface area contributed by atoms with Gasteiger partial charge in [-0.25, -0.2) is 4.98 Å². The normalized spacial score (nSPS) is 20.9. The second-order valence-corrected chi connectivity index (χ2v) is 6.71. The van der Waals surface area contributed by atoms with Crippen molar-refractivity contribution in [2.45, 2.75) is 46.2 Å². The van der Waals surface area contributed by atoms with E-state index in [9.17, 15) is 0 Å². The highest BCUT2D eigenvalue weighted by Crippen LogP contribution is 2.42. The molecule has 1 atom stereocenters. The zero-order valence-electron chi connectivity index (χ0n) is 12.7. The summed E-state index contributed by atoms with van der Waals surface area (Å²) < 4.78 is 7.93. The largest absolute Gasteiger partial charge is 0.466 e. The molecule has 2 heterocycles. The summed E-state index contributed by atoms with van der Waals surface area (Å²) in [5.74, 6) is 2.17. The molecule has 0 aromatic carbocycles. The van der Waals surface area contributed by atoms with Gasteiger partial charge in [0.25, 0.3) is 0 Å². The predicted octanol–water partition coefficient (Wildman–Crippen LogP) is 3.12. The number of hydrogen-bond acceptors (Lipinski definition) is 3. The summed E-state index contributed by atoms with van der Waals surface area (Å²) in [7, 11) is 2.03. The highest BCUT2D eigenvalue weighted by atomic mass is 16.3. The number of rotatable bonds is 3. The molecular formula is C16H23N3O. The maximum Gasteiger partial charge on any atom is 0.109 e. The number of aryl methyl sites for hydroxylation is 2.